The Morgan fingerprint density at radius 1 is 0.565 bits per heavy atom. The van der Waals surface area contributed by atoms with E-state index in [1.165, 1.54) is 0 Å². The maximum atomic E-state index is 5.92. The first kappa shape index (κ1) is 14.8. The fourth-order valence-electron chi connectivity index (χ4n) is 1.98. The summed E-state index contributed by atoms with van der Waals surface area (Å²) in [5, 5.41) is 0. The summed E-state index contributed by atoms with van der Waals surface area (Å²) in [5.41, 5.74) is 6.44. The summed E-state index contributed by atoms with van der Waals surface area (Å²) in [6, 6.07) is 25.9. The average molecular weight is 305 g/mol. The molecule has 0 heterocycles. The highest BCUT2D eigenvalue weighted by Gasteiger charge is 2.30. The predicted octanol–water partition coefficient (Wildman–Crippen LogP) is 3.79. The van der Waals surface area contributed by atoms with Crippen molar-refractivity contribution in [2.75, 3.05) is 5.73 Å². The minimum Gasteiger partial charge on any atom is -0.490 e. The van der Waals surface area contributed by atoms with Gasteiger partial charge in [0.25, 0.3) is 0 Å². The molecule has 5 heteroatoms. The minimum absolute atomic E-state index is 0.504. The van der Waals surface area contributed by atoms with Crippen LogP contribution >= 0.6 is 0 Å². The summed E-state index contributed by atoms with van der Waals surface area (Å²) in [5.74, 6) is 1.79. The van der Waals surface area contributed by atoms with Crippen LogP contribution in [0, 0.1) is 0 Å². The molecule has 0 fully saturated rings. The Balaban J connectivity index is 1.79. The summed E-state index contributed by atoms with van der Waals surface area (Å²) in [6.45, 7) is 0. The van der Waals surface area contributed by atoms with Crippen LogP contribution in [-0.4, -0.2) is 7.32 Å². The van der Waals surface area contributed by atoms with Crippen molar-refractivity contribution < 1.29 is 14.0 Å². The molecular weight excluding hydrogens is 289 g/mol. The number of nitrogens with two attached hydrogens (primary N) is 1. The van der Waals surface area contributed by atoms with E-state index in [2.05, 4.69) is 0 Å². The SMILES string of the molecule is Nc1ccccc1OB(Oc1ccccc1)Oc1ccccc1. The summed E-state index contributed by atoms with van der Waals surface area (Å²) in [7, 11) is -0.954. The van der Waals surface area contributed by atoms with E-state index in [1.54, 1.807) is 12.1 Å². The van der Waals surface area contributed by atoms with E-state index < -0.39 is 7.32 Å². The number of benzene rings is 3. The third-order valence-corrected chi connectivity index (χ3v) is 3.09. The van der Waals surface area contributed by atoms with Crippen molar-refractivity contribution in [2.24, 2.45) is 0 Å². The lowest BCUT2D eigenvalue weighted by Gasteiger charge is -2.17. The van der Waals surface area contributed by atoms with Gasteiger partial charge in [0, 0.05) is 0 Å². The Kier molecular flexibility index (Phi) is 4.69. The Morgan fingerprint density at radius 2 is 1.04 bits per heavy atom. The smallest absolute Gasteiger partial charge is 0.490 e. The maximum absolute atomic E-state index is 5.92. The number of hydrogen-bond acceptors (Lipinski definition) is 4. The summed E-state index contributed by atoms with van der Waals surface area (Å²) >= 11 is 0. The monoisotopic (exact) mass is 305 g/mol. The second-order valence-corrected chi connectivity index (χ2v) is 4.81. The van der Waals surface area contributed by atoms with Crippen LogP contribution < -0.4 is 19.7 Å². The first-order chi connectivity index (χ1) is 11.3. The highest BCUT2D eigenvalue weighted by molar-refractivity contribution is 6.39. The zero-order valence-electron chi connectivity index (χ0n) is 12.5. The maximum Gasteiger partial charge on any atom is 0.864 e. The second kappa shape index (κ2) is 7.27. The van der Waals surface area contributed by atoms with E-state index in [9.17, 15) is 0 Å². The molecule has 0 aliphatic carbocycles. The van der Waals surface area contributed by atoms with Crippen LogP contribution in [0.3, 0.4) is 0 Å². The van der Waals surface area contributed by atoms with Crippen molar-refractivity contribution in [2.45, 2.75) is 0 Å². The Morgan fingerprint density at radius 3 is 1.57 bits per heavy atom. The Hall–Kier alpha value is -3.08. The first-order valence-electron chi connectivity index (χ1n) is 7.26. The van der Waals surface area contributed by atoms with Crippen molar-refractivity contribution >= 4 is 13.0 Å². The summed E-state index contributed by atoms with van der Waals surface area (Å²) < 4.78 is 17.3. The van der Waals surface area contributed by atoms with Gasteiger partial charge >= 0.3 is 7.32 Å². The molecule has 4 nitrogen and oxygen atoms in total. The Labute approximate surface area is 135 Å². The van der Waals surface area contributed by atoms with Gasteiger partial charge in [0.1, 0.15) is 17.2 Å². The number of hydrogen-bond donors (Lipinski definition) is 1. The van der Waals surface area contributed by atoms with Gasteiger partial charge in [0.15, 0.2) is 0 Å². The number of nitrogen functional groups attached to an aromatic ring is 1. The predicted molar refractivity (Wildman–Crippen MR) is 91.4 cm³/mol. The van der Waals surface area contributed by atoms with Crippen LogP contribution in [0.2, 0.25) is 0 Å². The van der Waals surface area contributed by atoms with Crippen molar-refractivity contribution in [3.05, 3.63) is 84.9 Å². The molecule has 2 N–H and O–H groups in total. The molecule has 0 saturated carbocycles. The van der Waals surface area contributed by atoms with Crippen LogP contribution in [0.4, 0.5) is 5.69 Å². The fourth-order valence-corrected chi connectivity index (χ4v) is 1.98. The van der Waals surface area contributed by atoms with Crippen LogP contribution in [0.1, 0.15) is 0 Å². The van der Waals surface area contributed by atoms with Gasteiger partial charge in [-0.25, -0.2) is 0 Å². The zero-order chi connectivity index (χ0) is 15.9. The fraction of sp³-hybridized carbons (Fsp3) is 0. The van der Waals surface area contributed by atoms with Gasteiger partial charge in [-0.2, -0.15) is 0 Å². The van der Waals surface area contributed by atoms with Gasteiger partial charge in [-0.1, -0.05) is 48.5 Å². The molecule has 3 aromatic rings. The number of anilines is 1. The molecule has 3 aromatic carbocycles. The van der Waals surface area contributed by atoms with E-state index >= 15 is 0 Å². The molecule has 0 aliphatic heterocycles. The van der Waals surface area contributed by atoms with E-state index in [-0.39, 0.29) is 0 Å². The molecule has 0 radical (unpaired) electrons. The average Bonchev–Trinajstić information content (AvgIpc) is 2.59. The topological polar surface area (TPSA) is 53.7 Å². The van der Waals surface area contributed by atoms with Crippen LogP contribution in [0.5, 0.6) is 17.2 Å². The molecule has 3 rings (SSSR count). The molecule has 0 spiro atoms. The van der Waals surface area contributed by atoms with E-state index in [0.29, 0.717) is 22.9 Å². The van der Waals surface area contributed by atoms with E-state index in [4.69, 9.17) is 19.7 Å². The van der Waals surface area contributed by atoms with Crippen LogP contribution in [0.25, 0.3) is 0 Å². The van der Waals surface area contributed by atoms with Crippen molar-refractivity contribution in [1.82, 2.24) is 0 Å². The highest BCUT2D eigenvalue weighted by Crippen LogP contribution is 2.22. The lowest BCUT2D eigenvalue weighted by atomic mass is 10.2. The van der Waals surface area contributed by atoms with E-state index in [0.717, 1.165) is 0 Å². The lowest BCUT2D eigenvalue weighted by Crippen LogP contribution is -2.37. The lowest BCUT2D eigenvalue weighted by molar-refractivity contribution is 0.308. The van der Waals surface area contributed by atoms with Crippen molar-refractivity contribution in [3.8, 4) is 17.2 Å². The third kappa shape index (κ3) is 4.20. The van der Waals surface area contributed by atoms with Gasteiger partial charge in [-0.15, -0.1) is 0 Å². The van der Waals surface area contributed by atoms with E-state index in [1.807, 2.05) is 72.8 Å². The molecule has 0 aromatic heterocycles. The van der Waals surface area contributed by atoms with Gasteiger partial charge < -0.3 is 19.7 Å². The largest absolute Gasteiger partial charge is 0.864 e. The second-order valence-electron chi connectivity index (χ2n) is 4.81. The highest BCUT2D eigenvalue weighted by atomic mass is 16.7. The molecular formula is C18H16BNO3. The van der Waals surface area contributed by atoms with Crippen molar-refractivity contribution in [3.63, 3.8) is 0 Å². The molecule has 0 saturated heterocycles. The molecule has 0 bridgehead atoms. The molecule has 0 unspecified atom stereocenters. The van der Waals surface area contributed by atoms with Gasteiger partial charge in [-0.05, 0) is 36.4 Å². The van der Waals surface area contributed by atoms with Crippen LogP contribution in [-0.2, 0) is 0 Å². The number of para-hydroxylation sites is 4. The molecule has 114 valence electrons. The minimum atomic E-state index is -0.954. The standard InChI is InChI=1S/C18H16BNO3/c20-17-13-7-8-14-18(17)23-19(21-15-9-3-1-4-10-15)22-16-11-5-2-6-12-16/h1-14H,20H2. The van der Waals surface area contributed by atoms with Gasteiger partial charge in [-0.3, -0.25) is 0 Å². The molecule has 23 heavy (non-hydrogen) atoms. The van der Waals surface area contributed by atoms with Gasteiger partial charge in [0.05, 0.1) is 5.69 Å². The first-order valence-corrected chi connectivity index (χ1v) is 7.26. The number of rotatable bonds is 6. The Bertz CT molecular complexity index is 696. The quantitative estimate of drug-likeness (QED) is 0.556. The molecule has 0 atom stereocenters. The normalized spacial score (nSPS) is 9.91. The zero-order valence-corrected chi connectivity index (χ0v) is 12.5. The summed E-state index contributed by atoms with van der Waals surface area (Å²) in [4.78, 5) is 0. The summed E-state index contributed by atoms with van der Waals surface area (Å²) in [6.07, 6.45) is 0. The van der Waals surface area contributed by atoms with Crippen molar-refractivity contribution in [1.29, 1.82) is 0 Å². The molecule has 0 amide bonds. The third-order valence-electron chi connectivity index (χ3n) is 3.09. The van der Waals surface area contributed by atoms with Gasteiger partial charge in [0.2, 0.25) is 0 Å². The molecule has 0 aliphatic rings. The van der Waals surface area contributed by atoms with Crippen LogP contribution in [0.15, 0.2) is 84.9 Å².